The summed E-state index contributed by atoms with van der Waals surface area (Å²) in [6.07, 6.45) is 5.24. The summed E-state index contributed by atoms with van der Waals surface area (Å²) in [4.78, 5) is 25.7. The summed E-state index contributed by atoms with van der Waals surface area (Å²) in [6.45, 7) is 1.91. The van der Waals surface area contributed by atoms with Crippen LogP contribution in [0.2, 0.25) is 0 Å². The van der Waals surface area contributed by atoms with Crippen molar-refractivity contribution < 1.29 is 19.1 Å². The first-order valence-corrected chi connectivity index (χ1v) is 10.6. The first-order valence-electron chi connectivity index (χ1n) is 10.6. The van der Waals surface area contributed by atoms with E-state index in [1.54, 1.807) is 61.5 Å². The molecule has 0 aliphatic carbocycles. The summed E-state index contributed by atoms with van der Waals surface area (Å²) in [5, 5.41) is 6.81. The van der Waals surface area contributed by atoms with Gasteiger partial charge < -0.3 is 14.8 Å². The molecule has 0 saturated heterocycles. The lowest BCUT2D eigenvalue weighted by Crippen LogP contribution is -2.33. The van der Waals surface area contributed by atoms with Gasteiger partial charge in [0.25, 0.3) is 11.8 Å². The Morgan fingerprint density at radius 2 is 1.59 bits per heavy atom. The van der Waals surface area contributed by atoms with E-state index in [4.69, 9.17) is 9.47 Å². The Balaban J connectivity index is 1.53. The number of allylic oxidation sites excluding steroid dienone is 1. The van der Waals surface area contributed by atoms with Gasteiger partial charge in [0.2, 0.25) is 6.79 Å². The van der Waals surface area contributed by atoms with Crippen LogP contribution in [0.25, 0.3) is 12.2 Å². The number of fused-ring (bicyclic) bond motifs is 1. The third-order valence-corrected chi connectivity index (χ3v) is 4.89. The topological polar surface area (TPSA) is 89.0 Å². The van der Waals surface area contributed by atoms with Gasteiger partial charge in [0.15, 0.2) is 11.5 Å². The number of amides is 2. The number of carbonyl (C=O) groups is 2. The molecule has 0 atom stereocenters. The van der Waals surface area contributed by atoms with E-state index in [0.717, 1.165) is 5.56 Å². The minimum Gasteiger partial charge on any atom is -0.454 e. The van der Waals surface area contributed by atoms with Crippen molar-refractivity contribution >= 4 is 29.7 Å². The zero-order valence-electron chi connectivity index (χ0n) is 18.5. The van der Waals surface area contributed by atoms with E-state index in [-0.39, 0.29) is 12.5 Å². The molecule has 0 spiro atoms. The minimum absolute atomic E-state index is 0.0382. The lowest BCUT2D eigenvalue weighted by Gasteiger charge is -2.10. The average Bonchev–Trinajstić information content (AvgIpc) is 3.34. The highest BCUT2D eigenvalue weighted by Gasteiger charge is 2.17. The number of ether oxygens (including phenoxy) is 2. The Morgan fingerprint density at radius 3 is 2.35 bits per heavy atom. The number of carbonyl (C=O) groups excluding carboxylic acids is 2. The first kappa shape index (κ1) is 22.5. The Kier molecular flexibility index (Phi) is 7.15. The van der Waals surface area contributed by atoms with E-state index in [2.05, 4.69) is 15.8 Å². The molecule has 0 saturated carbocycles. The molecule has 1 heterocycles. The molecule has 3 aromatic rings. The van der Waals surface area contributed by atoms with Gasteiger partial charge in [0, 0.05) is 5.56 Å². The molecule has 4 rings (SSSR count). The van der Waals surface area contributed by atoms with Crippen molar-refractivity contribution in [2.24, 2.45) is 5.10 Å². The van der Waals surface area contributed by atoms with E-state index < -0.39 is 11.8 Å². The molecule has 1 aliphatic heterocycles. The maximum atomic E-state index is 12.9. The van der Waals surface area contributed by atoms with Crippen LogP contribution in [0.15, 0.2) is 95.7 Å². The Labute approximate surface area is 197 Å². The molecule has 7 nitrogen and oxygen atoms in total. The van der Waals surface area contributed by atoms with E-state index in [1.165, 1.54) is 0 Å². The van der Waals surface area contributed by atoms with Crippen molar-refractivity contribution in [1.82, 2.24) is 10.7 Å². The van der Waals surface area contributed by atoms with Gasteiger partial charge in [-0.25, -0.2) is 5.43 Å². The monoisotopic (exact) mass is 453 g/mol. The van der Waals surface area contributed by atoms with Crippen LogP contribution in [-0.4, -0.2) is 24.3 Å². The quantitative estimate of drug-likeness (QED) is 0.315. The van der Waals surface area contributed by atoms with Gasteiger partial charge in [-0.1, -0.05) is 60.7 Å². The largest absolute Gasteiger partial charge is 0.454 e. The number of hydrogen-bond donors (Lipinski definition) is 2. The Morgan fingerprint density at radius 1 is 0.882 bits per heavy atom. The maximum absolute atomic E-state index is 12.9. The fourth-order valence-corrected chi connectivity index (χ4v) is 3.13. The molecular weight excluding hydrogens is 430 g/mol. The fourth-order valence-electron chi connectivity index (χ4n) is 3.13. The van der Waals surface area contributed by atoms with Crippen LogP contribution in [0.3, 0.4) is 0 Å². The van der Waals surface area contributed by atoms with Crippen molar-refractivity contribution in [1.29, 1.82) is 0 Å². The predicted molar refractivity (Wildman–Crippen MR) is 131 cm³/mol. The van der Waals surface area contributed by atoms with Crippen LogP contribution >= 0.6 is 0 Å². The van der Waals surface area contributed by atoms with Gasteiger partial charge in [-0.3, -0.25) is 9.59 Å². The number of hydrogen-bond acceptors (Lipinski definition) is 5. The highest BCUT2D eigenvalue weighted by atomic mass is 16.7. The lowest BCUT2D eigenvalue weighted by atomic mass is 10.1. The van der Waals surface area contributed by atoms with Gasteiger partial charge in [-0.15, -0.1) is 0 Å². The van der Waals surface area contributed by atoms with Gasteiger partial charge in [-0.2, -0.15) is 5.10 Å². The van der Waals surface area contributed by atoms with Crippen LogP contribution in [-0.2, 0) is 4.79 Å². The second kappa shape index (κ2) is 10.8. The summed E-state index contributed by atoms with van der Waals surface area (Å²) in [5.41, 5.74) is 5.24. The number of rotatable bonds is 7. The zero-order chi connectivity index (χ0) is 23.8. The summed E-state index contributed by atoms with van der Waals surface area (Å²) in [5.74, 6) is 0.228. The van der Waals surface area contributed by atoms with Crippen molar-refractivity contribution in [3.8, 4) is 11.5 Å². The normalized spacial score (nSPS) is 13.1. The average molecular weight is 453 g/mol. The molecule has 7 heteroatoms. The van der Waals surface area contributed by atoms with E-state index in [0.29, 0.717) is 28.3 Å². The van der Waals surface area contributed by atoms with Gasteiger partial charge in [0.1, 0.15) is 5.70 Å². The molecule has 2 amide bonds. The lowest BCUT2D eigenvalue weighted by molar-refractivity contribution is -0.117. The standard InChI is InChI=1S/C27H23N3O4/c1-19(12-13-20-8-4-2-5-9-20)29-30-27(32)23(28-26(31)22-10-6-3-7-11-22)16-21-14-15-24-25(17-21)34-18-33-24/h2-17H,18H2,1H3,(H,28,31)(H,30,32)/b13-12+,23-16+,29-19+. The third-order valence-electron chi connectivity index (χ3n) is 4.89. The van der Waals surface area contributed by atoms with Gasteiger partial charge >= 0.3 is 0 Å². The number of nitrogens with one attached hydrogen (secondary N) is 2. The Bertz CT molecular complexity index is 1270. The molecule has 2 N–H and O–H groups in total. The molecule has 0 unspecified atom stereocenters. The van der Waals surface area contributed by atoms with Gasteiger partial charge in [-0.05, 0) is 54.5 Å². The summed E-state index contributed by atoms with van der Waals surface area (Å²) in [6, 6.07) is 23.7. The fraction of sp³-hybridized carbons (Fsp3) is 0.0741. The molecule has 0 fully saturated rings. The maximum Gasteiger partial charge on any atom is 0.287 e. The Hall–Kier alpha value is -4.65. The van der Waals surface area contributed by atoms with Crippen LogP contribution in [0, 0.1) is 0 Å². The molecule has 170 valence electrons. The second-order valence-corrected chi connectivity index (χ2v) is 7.43. The van der Waals surface area contributed by atoms with Gasteiger partial charge in [0.05, 0.1) is 5.71 Å². The predicted octanol–water partition coefficient (Wildman–Crippen LogP) is 4.39. The van der Waals surface area contributed by atoms with Crippen LogP contribution in [0.4, 0.5) is 0 Å². The van der Waals surface area contributed by atoms with Crippen molar-refractivity contribution in [3.05, 3.63) is 107 Å². The van der Waals surface area contributed by atoms with Crippen LogP contribution < -0.4 is 20.2 Å². The smallest absolute Gasteiger partial charge is 0.287 e. The first-order chi connectivity index (χ1) is 16.6. The number of hydrazone groups is 1. The molecular formula is C27H23N3O4. The summed E-state index contributed by atoms with van der Waals surface area (Å²) in [7, 11) is 0. The number of benzene rings is 3. The SMILES string of the molecule is CC(/C=C/c1ccccc1)=N\NC(=O)/C(=C\c1ccc2c(c1)OCO2)NC(=O)c1ccccc1. The third kappa shape index (κ3) is 5.98. The second-order valence-electron chi connectivity index (χ2n) is 7.43. The van der Waals surface area contributed by atoms with Crippen LogP contribution in [0.5, 0.6) is 11.5 Å². The van der Waals surface area contributed by atoms with E-state index >= 15 is 0 Å². The molecule has 0 radical (unpaired) electrons. The minimum atomic E-state index is -0.561. The highest BCUT2D eigenvalue weighted by molar-refractivity contribution is 6.06. The highest BCUT2D eigenvalue weighted by Crippen LogP contribution is 2.33. The van der Waals surface area contributed by atoms with E-state index in [1.807, 2.05) is 42.5 Å². The van der Waals surface area contributed by atoms with Crippen molar-refractivity contribution in [3.63, 3.8) is 0 Å². The zero-order valence-corrected chi connectivity index (χ0v) is 18.5. The molecule has 3 aromatic carbocycles. The molecule has 34 heavy (non-hydrogen) atoms. The summed E-state index contributed by atoms with van der Waals surface area (Å²) < 4.78 is 10.7. The molecule has 0 aromatic heterocycles. The molecule has 0 bridgehead atoms. The van der Waals surface area contributed by atoms with Crippen LogP contribution in [0.1, 0.15) is 28.4 Å². The summed E-state index contributed by atoms with van der Waals surface area (Å²) >= 11 is 0. The van der Waals surface area contributed by atoms with E-state index in [9.17, 15) is 9.59 Å². The number of nitrogens with zero attached hydrogens (tertiary/aromatic N) is 1. The van der Waals surface area contributed by atoms with Crippen molar-refractivity contribution in [2.45, 2.75) is 6.92 Å². The molecule has 1 aliphatic rings. The van der Waals surface area contributed by atoms with Crippen molar-refractivity contribution in [2.75, 3.05) is 6.79 Å².